The number of aliphatic carboxylic acids is 1. The smallest absolute Gasteiger partial charge is 0.326 e. The van der Waals surface area contributed by atoms with Gasteiger partial charge in [0.2, 0.25) is 17.7 Å². The highest BCUT2D eigenvalue weighted by Gasteiger charge is 2.33. The Morgan fingerprint density at radius 1 is 1.13 bits per heavy atom. The molecule has 1 aliphatic heterocycles. The van der Waals surface area contributed by atoms with Gasteiger partial charge in [0, 0.05) is 0 Å². The van der Waals surface area contributed by atoms with Gasteiger partial charge in [0.15, 0.2) is 0 Å². The Labute approximate surface area is 181 Å². The van der Waals surface area contributed by atoms with Crippen molar-refractivity contribution in [3.05, 3.63) is 0 Å². The second-order valence-corrected chi connectivity index (χ2v) is 8.43. The second kappa shape index (κ2) is 13.5. The topological polar surface area (TPSA) is 157 Å². The van der Waals surface area contributed by atoms with Crippen LogP contribution in [-0.4, -0.2) is 83.2 Å². The molecular weight excluding hydrogens is 412 g/mol. The van der Waals surface area contributed by atoms with Crippen molar-refractivity contribution >= 4 is 35.5 Å². The van der Waals surface area contributed by atoms with Gasteiger partial charge in [0.25, 0.3) is 0 Å². The lowest BCUT2D eigenvalue weighted by Crippen LogP contribution is -2.59. The van der Waals surface area contributed by atoms with Crippen LogP contribution < -0.4 is 21.3 Å². The summed E-state index contributed by atoms with van der Waals surface area (Å²) in [5.74, 6) is -2.54. The molecule has 1 fully saturated rings. The number of carboxylic acids is 1. The van der Waals surface area contributed by atoms with Gasteiger partial charge in [-0.15, -0.1) is 0 Å². The molecule has 0 radical (unpaired) electrons. The Morgan fingerprint density at radius 3 is 2.33 bits per heavy atom. The largest absolute Gasteiger partial charge is 0.480 e. The SMILES string of the molecule is CCC(C)C(NC(=O)C(CO)NC(=O)C1CCCN1)C(=O)NC(CCSC)C(=O)O. The van der Waals surface area contributed by atoms with Gasteiger partial charge in [-0.05, 0) is 43.7 Å². The van der Waals surface area contributed by atoms with E-state index in [9.17, 15) is 29.4 Å². The van der Waals surface area contributed by atoms with Crippen molar-refractivity contribution in [2.75, 3.05) is 25.2 Å². The molecule has 5 atom stereocenters. The van der Waals surface area contributed by atoms with E-state index < -0.39 is 48.6 Å². The van der Waals surface area contributed by atoms with E-state index in [2.05, 4.69) is 21.3 Å². The van der Waals surface area contributed by atoms with Crippen molar-refractivity contribution in [2.24, 2.45) is 5.92 Å². The number of carbonyl (C=O) groups is 4. The molecule has 1 heterocycles. The van der Waals surface area contributed by atoms with Gasteiger partial charge in [-0.25, -0.2) is 4.79 Å². The lowest BCUT2D eigenvalue weighted by molar-refractivity contribution is -0.142. The molecule has 0 bridgehead atoms. The molecular formula is C19H34N4O6S. The zero-order valence-corrected chi connectivity index (χ0v) is 18.6. The zero-order chi connectivity index (χ0) is 22.7. The third-order valence-electron chi connectivity index (χ3n) is 5.21. The number of carbonyl (C=O) groups excluding carboxylic acids is 3. The summed E-state index contributed by atoms with van der Waals surface area (Å²) in [6.07, 6.45) is 4.16. The molecule has 6 N–H and O–H groups in total. The van der Waals surface area contributed by atoms with Gasteiger partial charge in [0.05, 0.1) is 12.6 Å². The maximum atomic E-state index is 12.7. The van der Waals surface area contributed by atoms with E-state index in [4.69, 9.17) is 0 Å². The number of rotatable bonds is 13. The summed E-state index contributed by atoms with van der Waals surface area (Å²) in [4.78, 5) is 49.1. The van der Waals surface area contributed by atoms with Crippen LogP contribution in [0.1, 0.15) is 39.5 Å². The number of thioether (sulfide) groups is 1. The number of hydrogen-bond acceptors (Lipinski definition) is 7. The number of aliphatic hydroxyl groups is 1. The third-order valence-corrected chi connectivity index (χ3v) is 5.85. The maximum Gasteiger partial charge on any atom is 0.326 e. The summed E-state index contributed by atoms with van der Waals surface area (Å²) >= 11 is 1.47. The Balaban J connectivity index is 2.80. The van der Waals surface area contributed by atoms with Gasteiger partial charge < -0.3 is 31.5 Å². The summed E-state index contributed by atoms with van der Waals surface area (Å²) in [5.41, 5.74) is 0. The van der Waals surface area contributed by atoms with Gasteiger partial charge in [-0.3, -0.25) is 14.4 Å². The van der Waals surface area contributed by atoms with Gasteiger partial charge in [0.1, 0.15) is 18.1 Å². The summed E-state index contributed by atoms with van der Waals surface area (Å²) in [6, 6.07) is -3.66. The first-order chi connectivity index (χ1) is 14.2. The molecule has 0 aliphatic carbocycles. The van der Waals surface area contributed by atoms with E-state index in [1.807, 2.05) is 13.2 Å². The number of carboxylic acid groups (broad SMARTS) is 1. The van der Waals surface area contributed by atoms with Crippen molar-refractivity contribution in [3.63, 3.8) is 0 Å². The lowest BCUT2D eigenvalue weighted by Gasteiger charge is -2.27. The quantitative estimate of drug-likeness (QED) is 0.212. The summed E-state index contributed by atoms with van der Waals surface area (Å²) < 4.78 is 0. The predicted octanol–water partition coefficient (Wildman–Crippen LogP) is -0.931. The van der Waals surface area contributed by atoms with Gasteiger partial charge >= 0.3 is 5.97 Å². The Bertz CT molecular complexity index is 600. The minimum atomic E-state index is -1.20. The minimum Gasteiger partial charge on any atom is -0.480 e. The average molecular weight is 447 g/mol. The Morgan fingerprint density at radius 2 is 1.83 bits per heavy atom. The molecule has 11 heteroatoms. The fourth-order valence-electron chi connectivity index (χ4n) is 3.09. The number of hydrogen-bond donors (Lipinski definition) is 6. The monoisotopic (exact) mass is 446 g/mol. The van der Waals surface area contributed by atoms with Gasteiger partial charge in [-0.2, -0.15) is 11.8 Å². The molecule has 0 spiro atoms. The van der Waals surface area contributed by atoms with Crippen molar-refractivity contribution in [1.29, 1.82) is 0 Å². The normalized spacial score (nSPS) is 19.9. The summed E-state index contributed by atoms with van der Waals surface area (Å²) in [5, 5.41) is 29.5. The fraction of sp³-hybridized carbons (Fsp3) is 0.789. The molecule has 0 aromatic carbocycles. The summed E-state index contributed by atoms with van der Waals surface area (Å²) in [6.45, 7) is 3.70. The van der Waals surface area contributed by atoms with E-state index in [-0.39, 0.29) is 18.2 Å². The first kappa shape index (κ1) is 26.2. The predicted molar refractivity (Wildman–Crippen MR) is 114 cm³/mol. The van der Waals surface area contributed by atoms with Crippen LogP contribution in [0, 0.1) is 5.92 Å². The maximum absolute atomic E-state index is 12.7. The number of nitrogens with one attached hydrogen (secondary N) is 4. The zero-order valence-electron chi connectivity index (χ0n) is 17.8. The molecule has 1 saturated heterocycles. The van der Waals surface area contributed by atoms with E-state index in [0.29, 0.717) is 25.1 Å². The van der Waals surface area contributed by atoms with Crippen LogP contribution in [0.3, 0.4) is 0 Å². The molecule has 10 nitrogen and oxygen atoms in total. The molecule has 0 aromatic heterocycles. The minimum absolute atomic E-state index is 0.257. The number of aliphatic hydroxyl groups excluding tert-OH is 1. The Hall–Kier alpha value is -1.85. The Kier molecular flexibility index (Phi) is 11.7. The van der Waals surface area contributed by atoms with Crippen molar-refractivity contribution in [2.45, 2.75) is 63.7 Å². The van der Waals surface area contributed by atoms with Crippen LogP contribution in [0.25, 0.3) is 0 Å². The highest BCUT2D eigenvalue weighted by atomic mass is 32.2. The second-order valence-electron chi connectivity index (χ2n) is 7.45. The van der Waals surface area contributed by atoms with E-state index in [1.165, 1.54) is 11.8 Å². The van der Waals surface area contributed by atoms with Crippen LogP contribution in [0.2, 0.25) is 0 Å². The molecule has 172 valence electrons. The highest BCUT2D eigenvalue weighted by molar-refractivity contribution is 7.98. The standard InChI is InChI=1S/C19H34N4O6S/c1-4-11(2)15(18(27)21-13(19(28)29)7-9-30-3)23-17(26)14(10-24)22-16(25)12-6-5-8-20-12/h11-15,20,24H,4-10H2,1-3H3,(H,21,27)(H,22,25)(H,23,26)(H,28,29). The average Bonchev–Trinajstić information content (AvgIpc) is 3.26. The molecule has 1 aliphatic rings. The first-order valence-electron chi connectivity index (χ1n) is 10.2. The van der Waals surface area contributed by atoms with Crippen LogP contribution in [0.4, 0.5) is 0 Å². The molecule has 0 saturated carbocycles. The van der Waals surface area contributed by atoms with E-state index in [1.54, 1.807) is 6.92 Å². The van der Waals surface area contributed by atoms with Crippen molar-refractivity contribution in [1.82, 2.24) is 21.3 Å². The van der Waals surface area contributed by atoms with Crippen LogP contribution in [-0.2, 0) is 19.2 Å². The molecule has 30 heavy (non-hydrogen) atoms. The molecule has 5 unspecified atom stereocenters. The fourth-order valence-corrected chi connectivity index (χ4v) is 3.56. The van der Waals surface area contributed by atoms with E-state index in [0.717, 1.165) is 6.42 Å². The summed E-state index contributed by atoms with van der Waals surface area (Å²) in [7, 11) is 0. The van der Waals surface area contributed by atoms with Crippen LogP contribution in [0.15, 0.2) is 0 Å². The number of amides is 3. The molecule has 1 rings (SSSR count). The third kappa shape index (κ3) is 8.11. The van der Waals surface area contributed by atoms with Crippen molar-refractivity contribution < 1.29 is 29.4 Å². The van der Waals surface area contributed by atoms with Crippen LogP contribution >= 0.6 is 11.8 Å². The first-order valence-corrected chi connectivity index (χ1v) is 11.6. The van der Waals surface area contributed by atoms with Crippen LogP contribution in [0.5, 0.6) is 0 Å². The van der Waals surface area contributed by atoms with Gasteiger partial charge in [-0.1, -0.05) is 20.3 Å². The molecule has 0 aromatic rings. The highest BCUT2D eigenvalue weighted by Crippen LogP contribution is 2.10. The van der Waals surface area contributed by atoms with E-state index >= 15 is 0 Å². The van der Waals surface area contributed by atoms with Crippen molar-refractivity contribution in [3.8, 4) is 0 Å². The lowest BCUT2D eigenvalue weighted by atomic mass is 9.97. The molecule has 3 amide bonds.